The maximum Gasteiger partial charge on any atom is 0.128 e. The average molecular weight is 595 g/mol. The molecule has 248 valence electrons. The smallest absolute Gasteiger partial charge is 0.128 e. The Hall–Kier alpha value is -0.360. The second-order valence-electron chi connectivity index (χ2n) is 16.5. The number of likely N-dealkylation sites (N-methyl/N-ethyl adjacent to an activating group) is 6. The lowest BCUT2D eigenvalue weighted by atomic mass is 10.3. The van der Waals surface area contributed by atoms with E-state index in [4.69, 9.17) is 14.2 Å². The standard InChI is InChI=1S/C32H78N6O3/c1-15-16-33(2,3)17-18-35(6,7)24-29-40-31-26-37(10,11)21-22-38(12,13)27-32-41-30-25-36(8,9)20-19-34(4,5)23-28-39-14/h15-32H2,1-14H3/q+6. The van der Waals surface area contributed by atoms with Crippen molar-refractivity contribution in [1.82, 2.24) is 0 Å². The lowest BCUT2D eigenvalue weighted by Gasteiger charge is -2.36. The first kappa shape index (κ1) is 40.6. The van der Waals surface area contributed by atoms with Crippen LogP contribution in [-0.4, -0.2) is 230 Å². The maximum absolute atomic E-state index is 6.12. The topological polar surface area (TPSA) is 27.7 Å². The quantitative estimate of drug-likeness (QED) is 0.112. The zero-order valence-corrected chi connectivity index (χ0v) is 30.6. The molecule has 0 heterocycles. The van der Waals surface area contributed by atoms with Crippen molar-refractivity contribution in [3.63, 3.8) is 0 Å². The molecule has 0 N–H and O–H groups in total. The minimum atomic E-state index is 0.816. The molecule has 0 rings (SSSR count). The highest BCUT2D eigenvalue weighted by molar-refractivity contribution is 4.43. The minimum absolute atomic E-state index is 0.816. The van der Waals surface area contributed by atoms with Crippen LogP contribution in [0, 0.1) is 0 Å². The largest absolute Gasteiger partial charge is 0.379 e. The molecule has 41 heavy (non-hydrogen) atoms. The molecule has 0 amide bonds. The highest BCUT2D eigenvalue weighted by atomic mass is 16.5. The van der Waals surface area contributed by atoms with Crippen LogP contribution in [0.4, 0.5) is 0 Å². The van der Waals surface area contributed by atoms with Crippen molar-refractivity contribution in [2.24, 2.45) is 0 Å². The molecular formula is C32H78N6O3+6. The van der Waals surface area contributed by atoms with Gasteiger partial charge < -0.3 is 41.1 Å². The Morgan fingerprint density at radius 3 is 0.756 bits per heavy atom. The number of hydrogen-bond acceptors (Lipinski definition) is 3. The van der Waals surface area contributed by atoms with E-state index in [1.54, 1.807) is 7.11 Å². The van der Waals surface area contributed by atoms with Gasteiger partial charge in [0.25, 0.3) is 0 Å². The fourth-order valence-electron chi connectivity index (χ4n) is 4.69. The molecule has 0 radical (unpaired) electrons. The summed E-state index contributed by atoms with van der Waals surface area (Å²) in [6.45, 7) is 19.9. The van der Waals surface area contributed by atoms with Gasteiger partial charge in [-0.15, -0.1) is 0 Å². The molecule has 0 bridgehead atoms. The lowest BCUT2D eigenvalue weighted by Crippen LogP contribution is -2.53. The molecule has 0 aromatic rings. The zero-order chi connectivity index (χ0) is 31.8. The summed E-state index contributed by atoms with van der Waals surface area (Å²) < 4.78 is 23.6. The van der Waals surface area contributed by atoms with Gasteiger partial charge in [-0.1, -0.05) is 6.92 Å². The molecule has 0 fully saturated rings. The van der Waals surface area contributed by atoms with E-state index in [0.717, 1.165) is 119 Å². The Bertz CT molecular complexity index is 680. The highest BCUT2D eigenvalue weighted by Gasteiger charge is 2.25. The van der Waals surface area contributed by atoms with E-state index >= 15 is 0 Å². The third-order valence-corrected chi connectivity index (χ3v) is 9.03. The Balaban J connectivity index is 4.19. The summed E-state index contributed by atoms with van der Waals surface area (Å²) in [5, 5.41) is 0. The highest BCUT2D eigenvalue weighted by Crippen LogP contribution is 2.07. The van der Waals surface area contributed by atoms with Crippen LogP contribution in [-0.2, 0) is 14.2 Å². The first-order valence-electron chi connectivity index (χ1n) is 16.2. The van der Waals surface area contributed by atoms with E-state index in [-0.39, 0.29) is 0 Å². The van der Waals surface area contributed by atoms with Crippen molar-refractivity contribution in [1.29, 1.82) is 0 Å². The normalized spacial score (nSPS) is 14.2. The monoisotopic (exact) mass is 595 g/mol. The summed E-state index contributed by atoms with van der Waals surface area (Å²) in [4.78, 5) is 0. The number of ether oxygens (including phenoxy) is 3. The van der Waals surface area contributed by atoms with Crippen molar-refractivity contribution in [2.45, 2.75) is 13.3 Å². The molecule has 0 aliphatic heterocycles. The van der Waals surface area contributed by atoms with Crippen molar-refractivity contribution < 1.29 is 41.1 Å². The van der Waals surface area contributed by atoms with Crippen molar-refractivity contribution in [3.8, 4) is 0 Å². The first-order chi connectivity index (χ1) is 18.7. The molecular weight excluding hydrogens is 516 g/mol. The summed E-state index contributed by atoms with van der Waals surface area (Å²) in [7, 11) is 29.7. The van der Waals surface area contributed by atoms with E-state index in [2.05, 4.69) is 91.5 Å². The molecule has 0 aliphatic carbocycles. The fraction of sp³-hybridized carbons (Fsp3) is 1.00. The second kappa shape index (κ2) is 18.4. The summed E-state index contributed by atoms with van der Waals surface area (Å²) in [6.07, 6.45) is 1.24. The van der Waals surface area contributed by atoms with Gasteiger partial charge in [-0.2, -0.15) is 0 Å². The zero-order valence-electron chi connectivity index (χ0n) is 30.6. The van der Waals surface area contributed by atoms with Gasteiger partial charge in [-0.25, -0.2) is 0 Å². The predicted octanol–water partition coefficient (Wildman–Crippen LogP) is 1.53. The summed E-state index contributed by atoms with van der Waals surface area (Å²) in [6, 6.07) is 0. The number of nitrogens with zero attached hydrogens (tertiary/aromatic N) is 6. The van der Waals surface area contributed by atoms with Crippen LogP contribution in [0.1, 0.15) is 13.3 Å². The number of rotatable bonds is 26. The molecule has 0 saturated heterocycles. The number of quaternary nitrogens is 6. The van der Waals surface area contributed by atoms with Gasteiger partial charge >= 0.3 is 0 Å². The third-order valence-electron chi connectivity index (χ3n) is 9.03. The van der Waals surface area contributed by atoms with Gasteiger partial charge in [0.2, 0.25) is 0 Å². The summed E-state index contributed by atoms with van der Waals surface area (Å²) in [5.41, 5.74) is 0. The predicted molar refractivity (Wildman–Crippen MR) is 175 cm³/mol. The fourth-order valence-corrected chi connectivity index (χ4v) is 4.69. The van der Waals surface area contributed by atoms with Crippen LogP contribution >= 0.6 is 0 Å². The lowest BCUT2D eigenvalue weighted by molar-refractivity contribution is -0.948. The van der Waals surface area contributed by atoms with E-state index < -0.39 is 0 Å². The number of methoxy groups -OCH3 is 1. The molecule has 0 aromatic carbocycles. The van der Waals surface area contributed by atoms with E-state index in [1.165, 1.54) is 26.1 Å². The van der Waals surface area contributed by atoms with E-state index in [9.17, 15) is 0 Å². The van der Waals surface area contributed by atoms with Gasteiger partial charge in [0.05, 0.1) is 124 Å². The van der Waals surface area contributed by atoms with Crippen molar-refractivity contribution in [3.05, 3.63) is 0 Å². The van der Waals surface area contributed by atoms with Crippen LogP contribution in [0.3, 0.4) is 0 Å². The van der Waals surface area contributed by atoms with Crippen LogP contribution in [0.2, 0.25) is 0 Å². The Labute approximate surface area is 257 Å². The molecule has 9 nitrogen and oxygen atoms in total. The van der Waals surface area contributed by atoms with Gasteiger partial charge in [0.15, 0.2) is 0 Å². The van der Waals surface area contributed by atoms with E-state index in [0.29, 0.717) is 0 Å². The summed E-state index contributed by atoms with van der Waals surface area (Å²) in [5.74, 6) is 0. The molecule has 9 heteroatoms. The Morgan fingerprint density at radius 2 is 0.537 bits per heavy atom. The molecule has 0 aliphatic rings. The number of hydrogen-bond donors (Lipinski definition) is 0. The average Bonchev–Trinajstić information content (AvgIpc) is 2.84. The molecule has 0 saturated carbocycles. The van der Waals surface area contributed by atoms with Crippen LogP contribution in [0.5, 0.6) is 0 Å². The Kier molecular flexibility index (Phi) is 18.3. The van der Waals surface area contributed by atoms with E-state index in [1.807, 2.05) is 0 Å². The van der Waals surface area contributed by atoms with Crippen molar-refractivity contribution in [2.75, 3.05) is 203 Å². The molecule has 0 unspecified atom stereocenters. The SMILES string of the molecule is CCC[N+](C)(C)CC[N+](C)(C)CCOCC[N+](C)(C)CC[N+](C)(C)CCOCC[N+](C)(C)CC[N+](C)(C)CCOC. The van der Waals surface area contributed by atoms with Gasteiger partial charge in [0.1, 0.15) is 72.0 Å². The minimum Gasteiger partial charge on any atom is -0.379 e. The molecule has 0 spiro atoms. The first-order valence-corrected chi connectivity index (χ1v) is 16.2. The second-order valence-corrected chi connectivity index (χ2v) is 16.5. The maximum atomic E-state index is 6.12. The third kappa shape index (κ3) is 22.8. The van der Waals surface area contributed by atoms with Gasteiger partial charge in [0, 0.05) is 7.11 Å². The summed E-state index contributed by atoms with van der Waals surface area (Å²) >= 11 is 0. The van der Waals surface area contributed by atoms with Crippen LogP contribution in [0.25, 0.3) is 0 Å². The van der Waals surface area contributed by atoms with Crippen molar-refractivity contribution >= 4 is 0 Å². The van der Waals surface area contributed by atoms with Crippen LogP contribution in [0.15, 0.2) is 0 Å². The Morgan fingerprint density at radius 1 is 0.317 bits per heavy atom. The molecule has 0 aromatic heterocycles. The molecule has 0 atom stereocenters. The van der Waals surface area contributed by atoms with Crippen LogP contribution < -0.4 is 0 Å². The van der Waals surface area contributed by atoms with Gasteiger partial charge in [-0.3, -0.25) is 0 Å². The van der Waals surface area contributed by atoms with Gasteiger partial charge in [-0.05, 0) is 6.42 Å².